The highest BCUT2D eigenvalue weighted by atomic mass is 16.1. The molecule has 3 nitrogen and oxygen atoms in total. The van der Waals surface area contributed by atoms with Crippen molar-refractivity contribution in [3.8, 4) is 0 Å². The number of piperidine rings is 1. The summed E-state index contributed by atoms with van der Waals surface area (Å²) in [6, 6.07) is 6.88. The van der Waals surface area contributed by atoms with Crippen LogP contribution in [-0.2, 0) is 13.1 Å². The number of carbonyl (C=O) groups is 1. The molecule has 1 N–H and O–H groups in total. The molecule has 1 aromatic carbocycles. The summed E-state index contributed by atoms with van der Waals surface area (Å²) in [5.41, 5.74) is 3.58. The van der Waals surface area contributed by atoms with Crippen LogP contribution in [0.4, 0.5) is 0 Å². The number of ketones is 1. The lowest BCUT2D eigenvalue weighted by atomic mass is 10.0. The summed E-state index contributed by atoms with van der Waals surface area (Å²) in [5.74, 6) is 0.164. The minimum Gasteiger partial charge on any atom is -0.314 e. The number of nitrogens with one attached hydrogen (secondary N) is 1. The van der Waals surface area contributed by atoms with E-state index in [-0.39, 0.29) is 5.78 Å². The van der Waals surface area contributed by atoms with Crippen LogP contribution in [0.3, 0.4) is 0 Å². The van der Waals surface area contributed by atoms with Gasteiger partial charge in [-0.05, 0) is 49.9 Å². The zero-order chi connectivity index (χ0) is 13.9. The van der Waals surface area contributed by atoms with E-state index in [0.29, 0.717) is 6.04 Å². The zero-order valence-corrected chi connectivity index (χ0v) is 12.3. The quantitative estimate of drug-likeness (QED) is 0.855. The molecule has 2 aliphatic heterocycles. The highest BCUT2D eigenvalue weighted by Crippen LogP contribution is 2.24. The Labute approximate surface area is 121 Å². The van der Waals surface area contributed by atoms with E-state index in [4.69, 9.17) is 0 Å². The molecule has 1 fully saturated rings. The smallest absolute Gasteiger partial charge is 0.159 e. The van der Waals surface area contributed by atoms with E-state index >= 15 is 0 Å². The van der Waals surface area contributed by atoms with Crippen molar-refractivity contribution in [1.82, 2.24) is 10.2 Å². The van der Waals surface area contributed by atoms with Crippen molar-refractivity contribution in [2.75, 3.05) is 13.1 Å². The van der Waals surface area contributed by atoms with E-state index in [2.05, 4.69) is 22.3 Å². The largest absolute Gasteiger partial charge is 0.314 e. The van der Waals surface area contributed by atoms with Crippen molar-refractivity contribution in [2.45, 2.75) is 51.7 Å². The first-order valence-corrected chi connectivity index (χ1v) is 7.81. The number of carbonyl (C=O) groups excluding carboxylic acids is 1. The van der Waals surface area contributed by atoms with Crippen LogP contribution in [0.1, 0.15) is 54.1 Å². The average Bonchev–Trinajstić information content (AvgIpc) is 2.88. The minimum atomic E-state index is 0.164. The highest BCUT2D eigenvalue weighted by Gasteiger charge is 2.21. The Morgan fingerprint density at radius 2 is 2.15 bits per heavy atom. The number of benzene rings is 1. The first-order chi connectivity index (χ1) is 9.72. The predicted molar refractivity (Wildman–Crippen MR) is 80.8 cm³/mol. The fourth-order valence-corrected chi connectivity index (χ4v) is 3.35. The van der Waals surface area contributed by atoms with E-state index in [1.807, 2.05) is 6.07 Å². The monoisotopic (exact) mass is 272 g/mol. The van der Waals surface area contributed by atoms with Gasteiger partial charge in [0.05, 0.1) is 0 Å². The van der Waals surface area contributed by atoms with E-state index in [0.717, 1.165) is 25.2 Å². The summed E-state index contributed by atoms with van der Waals surface area (Å²) in [4.78, 5) is 13.9. The van der Waals surface area contributed by atoms with Crippen molar-refractivity contribution >= 4 is 5.78 Å². The molecule has 0 aliphatic carbocycles. The summed E-state index contributed by atoms with van der Waals surface area (Å²) in [6.45, 7) is 6.03. The standard InChI is InChI=1S/C17H24N2O/c1-13(20)14-5-6-15-11-19(12-16(15)10-14)9-7-17-4-2-3-8-18-17/h5-6,10,17-18H,2-4,7-9,11-12H2,1H3. The molecule has 2 heterocycles. The Bertz CT molecular complexity index is 492. The van der Waals surface area contributed by atoms with Gasteiger partial charge in [0.15, 0.2) is 5.78 Å². The highest BCUT2D eigenvalue weighted by molar-refractivity contribution is 5.94. The number of hydrogen-bond acceptors (Lipinski definition) is 3. The first kappa shape index (κ1) is 13.8. The van der Waals surface area contributed by atoms with Gasteiger partial charge in [-0.2, -0.15) is 0 Å². The second kappa shape index (κ2) is 6.06. The molecule has 0 amide bonds. The normalized spacial score (nSPS) is 22.8. The third-order valence-electron chi connectivity index (χ3n) is 4.61. The van der Waals surface area contributed by atoms with E-state index in [9.17, 15) is 4.79 Å². The zero-order valence-electron chi connectivity index (χ0n) is 12.3. The summed E-state index contributed by atoms with van der Waals surface area (Å²) in [7, 11) is 0. The summed E-state index contributed by atoms with van der Waals surface area (Å²) in [6.07, 6.45) is 5.28. The second-order valence-corrected chi connectivity index (χ2v) is 6.19. The van der Waals surface area contributed by atoms with Gasteiger partial charge in [0.1, 0.15) is 0 Å². The maximum atomic E-state index is 11.4. The first-order valence-electron chi connectivity index (χ1n) is 7.81. The molecular formula is C17H24N2O. The number of fused-ring (bicyclic) bond motifs is 1. The van der Waals surface area contributed by atoms with Crippen LogP contribution in [0.2, 0.25) is 0 Å². The van der Waals surface area contributed by atoms with Crippen molar-refractivity contribution in [1.29, 1.82) is 0 Å². The Kier molecular flexibility index (Phi) is 4.18. The lowest BCUT2D eigenvalue weighted by molar-refractivity contribution is 0.101. The molecule has 3 heteroatoms. The molecule has 0 aromatic heterocycles. The summed E-state index contributed by atoms with van der Waals surface area (Å²) < 4.78 is 0. The van der Waals surface area contributed by atoms with E-state index in [1.54, 1.807) is 6.92 Å². The van der Waals surface area contributed by atoms with E-state index in [1.165, 1.54) is 43.4 Å². The van der Waals surface area contributed by atoms with Gasteiger partial charge in [-0.25, -0.2) is 0 Å². The van der Waals surface area contributed by atoms with Crippen LogP contribution in [0.5, 0.6) is 0 Å². The average molecular weight is 272 g/mol. The van der Waals surface area contributed by atoms with Gasteiger partial charge < -0.3 is 5.32 Å². The molecule has 0 spiro atoms. The van der Waals surface area contributed by atoms with Crippen LogP contribution in [0.15, 0.2) is 18.2 Å². The maximum Gasteiger partial charge on any atom is 0.159 e. The predicted octanol–water partition coefficient (Wildman–Crippen LogP) is 2.74. The Morgan fingerprint density at radius 3 is 2.90 bits per heavy atom. The molecule has 20 heavy (non-hydrogen) atoms. The van der Waals surface area contributed by atoms with Gasteiger partial charge in [0.2, 0.25) is 0 Å². The fourth-order valence-electron chi connectivity index (χ4n) is 3.35. The van der Waals surface area contributed by atoms with Crippen molar-refractivity contribution < 1.29 is 4.79 Å². The molecule has 0 saturated carbocycles. The molecule has 3 rings (SSSR count). The van der Waals surface area contributed by atoms with Gasteiger partial charge in [-0.15, -0.1) is 0 Å². The Morgan fingerprint density at radius 1 is 1.30 bits per heavy atom. The second-order valence-electron chi connectivity index (χ2n) is 6.19. The molecule has 0 radical (unpaired) electrons. The SMILES string of the molecule is CC(=O)c1ccc2c(c1)CN(CCC1CCCCN1)C2. The number of rotatable bonds is 4. The number of nitrogens with zero attached hydrogens (tertiary/aromatic N) is 1. The van der Waals surface area contributed by atoms with Crippen LogP contribution < -0.4 is 5.32 Å². The topological polar surface area (TPSA) is 32.3 Å². The van der Waals surface area contributed by atoms with Gasteiger partial charge >= 0.3 is 0 Å². The number of hydrogen-bond donors (Lipinski definition) is 1. The molecule has 2 aliphatic rings. The molecule has 108 valence electrons. The van der Waals surface area contributed by atoms with Crippen LogP contribution >= 0.6 is 0 Å². The third kappa shape index (κ3) is 3.10. The number of Topliss-reactive ketones (excluding diaryl/α,β-unsaturated/α-hetero) is 1. The van der Waals surface area contributed by atoms with Crippen LogP contribution in [-0.4, -0.2) is 29.8 Å². The molecule has 1 aromatic rings. The van der Waals surface area contributed by atoms with Gasteiger partial charge in [0.25, 0.3) is 0 Å². The molecular weight excluding hydrogens is 248 g/mol. The van der Waals surface area contributed by atoms with Crippen molar-refractivity contribution in [3.05, 3.63) is 34.9 Å². The summed E-state index contributed by atoms with van der Waals surface area (Å²) in [5, 5.41) is 3.62. The van der Waals surface area contributed by atoms with Crippen molar-refractivity contribution in [3.63, 3.8) is 0 Å². The molecule has 1 saturated heterocycles. The fraction of sp³-hybridized carbons (Fsp3) is 0.588. The maximum absolute atomic E-state index is 11.4. The lowest BCUT2D eigenvalue weighted by Crippen LogP contribution is -2.36. The minimum absolute atomic E-state index is 0.164. The van der Waals surface area contributed by atoms with Crippen molar-refractivity contribution in [2.24, 2.45) is 0 Å². The van der Waals surface area contributed by atoms with Crippen LogP contribution in [0, 0.1) is 0 Å². The lowest BCUT2D eigenvalue weighted by Gasteiger charge is -2.25. The van der Waals surface area contributed by atoms with Gasteiger partial charge in [-0.1, -0.05) is 18.6 Å². The van der Waals surface area contributed by atoms with E-state index < -0.39 is 0 Å². The Hall–Kier alpha value is -1.19. The van der Waals surface area contributed by atoms with Gasteiger partial charge in [-0.3, -0.25) is 9.69 Å². The molecule has 1 unspecified atom stereocenters. The summed E-state index contributed by atoms with van der Waals surface area (Å²) >= 11 is 0. The van der Waals surface area contributed by atoms with Crippen LogP contribution in [0.25, 0.3) is 0 Å². The third-order valence-corrected chi connectivity index (χ3v) is 4.61. The van der Waals surface area contributed by atoms with Gasteiger partial charge in [0, 0.05) is 31.2 Å². The molecule has 0 bridgehead atoms. The molecule has 1 atom stereocenters. The Balaban J connectivity index is 1.55.